The second-order valence-electron chi connectivity index (χ2n) is 5.33. The number of nitrogens with one attached hydrogen (secondary N) is 1. The minimum absolute atomic E-state index is 0.640. The van der Waals surface area contributed by atoms with Crippen LogP contribution in [0.25, 0.3) is 0 Å². The van der Waals surface area contributed by atoms with Crippen molar-refractivity contribution in [1.82, 2.24) is 10.2 Å². The molecule has 0 spiro atoms. The van der Waals surface area contributed by atoms with Crippen molar-refractivity contribution in [2.24, 2.45) is 5.92 Å². The average Bonchev–Trinajstić information content (AvgIpc) is 2.35. The first-order valence-electron chi connectivity index (χ1n) is 6.83. The highest BCUT2D eigenvalue weighted by atomic mass is 32.2. The molecular weight excluding hydrogens is 232 g/mol. The highest BCUT2D eigenvalue weighted by Crippen LogP contribution is 2.26. The molecule has 4 unspecified atom stereocenters. The van der Waals surface area contributed by atoms with Gasteiger partial charge in [0.25, 0.3) is 0 Å². The summed E-state index contributed by atoms with van der Waals surface area (Å²) in [6, 6.07) is 1.34. The number of hydrogen-bond donors (Lipinski definition) is 1. The topological polar surface area (TPSA) is 24.5 Å². The monoisotopic (exact) mass is 258 g/mol. The molecule has 0 aromatic carbocycles. The molecule has 4 atom stereocenters. The van der Waals surface area contributed by atoms with Crippen molar-refractivity contribution in [1.29, 1.82) is 0 Å². The SMILES string of the molecule is CNC1CCOCC1CN1CCSC(C)C1C. The molecule has 1 N–H and O–H groups in total. The Bertz CT molecular complexity index is 233. The van der Waals surface area contributed by atoms with Crippen molar-refractivity contribution in [3.05, 3.63) is 0 Å². The van der Waals surface area contributed by atoms with Gasteiger partial charge in [0.15, 0.2) is 0 Å². The molecule has 0 aromatic heterocycles. The van der Waals surface area contributed by atoms with Gasteiger partial charge >= 0.3 is 0 Å². The molecule has 2 aliphatic rings. The smallest absolute Gasteiger partial charge is 0.0521 e. The van der Waals surface area contributed by atoms with Crippen LogP contribution in [0, 0.1) is 5.92 Å². The maximum Gasteiger partial charge on any atom is 0.0521 e. The van der Waals surface area contributed by atoms with Crippen molar-refractivity contribution in [2.45, 2.75) is 37.6 Å². The van der Waals surface area contributed by atoms with E-state index in [-0.39, 0.29) is 0 Å². The Morgan fingerprint density at radius 3 is 3.00 bits per heavy atom. The van der Waals surface area contributed by atoms with Crippen molar-refractivity contribution in [3.63, 3.8) is 0 Å². The van der Waals surface area contributed by atoms with Crippen molar-refractivity contribution in [3.8, 4) is 0 Å². The Labute approximate surface area is 110 Å². The van der Waals surface area contributed by atoms with Gasteiger partial charge in [-0.25, -0.2) is 0 Å². The molecule has 2 heterocycles. The lowest BCUT2D eigenvalue weighted by atomic mass is 9.94. The number of ether oxygens (including phenoxy) is 1. The zero-order chi connectivity index (χ0) is 12.3. The van der Waals surface area contributed by atoms with Crippen LogP contribution in [-0.2, 0) is 4.74 Å². The van der Waals surface area contributed by atoms with Crippen LogP contribution in [0.1, 0.15) is 20.3 Å². The molecule has 4 heteroatoms. The summed E-state index contributed by atoms with van der Waals surface area (Å²) in [7, 11) is 2.08. The van der Waals surface area contributed by atoms with Crippen LogP contribution in [-0.4, -0.2) is 61.3 Å². The molecule has 0 bridgehead atoms. The fourth-order valence-electron chi connectivity index (χ4n) is 2.91. The van der Waals surface area contributed by atoms with Crippen LogP contribution >= 0.6 is 11.8 Å². The Kier molecular flexibility index (Phi) is 5.15. The van der Waals surface area contributed by atoms with Gasteiger partial charge < -0.3 is 10.1 Å². The van der Waals surface area contributed by atoms with E-state index in [2.05, 4.69) is 42.9 Å². The largest absolute Gasteiger partial charge is 0.381 e. The maximum atomic E-state index is 5.65. The summed E-state index contributed by atoms with van der Waals surface area (Å²) in [5, 5.41) is 4.22. The minimum Gasteiger partial charge on any atom is -0.381 e. The molecule has 2 rings (SSSR count). The first-order chi connectivity index (χ1) is 8.22. The predicted octanol–water partition coefficient (Wildman–Crippen LogP) is 1.44. The summed E-state index contributed by atoms with van der Waals surface area (Å²) in [5.74, 6) is 1.94. The lowest BCUT2D eigenvalue weighted by molar-refractivity contribution is 0.0134. The quantitative estimate of drug-likeness (QED) is 0.828. The third-order valence-electron chi connectivity index (χ3n) is 4.33. The molecule has 0 radical (unpaired) electrons. The molecule has 2 fully saturated rings. The van der Waals surface area contributed by atoms with E-state index in [1.807, 2.05) is 0 Å². The normalized spacial score (nSPS) is 40.4. The van der Waals surface area contributed by atoms with Crippen LogP contribution in [0.15, 0.2) is 0 Å². The van der Waals surface area contributed by atoms with Gasteiger partial charge in [-0.05, 0) is 20.4 Å². The Morgan fingerprint density at radius 2 is 2.24 bits per heavy atom. The third kappa shape index (κ3) is 3.37. The summed E-state index contributed by atoms with van der Waals surface area (Å²) in [4.78, 5) is 2.66. The molecule has 0 amide bonds. The van der Waals surface area contributed by atoms with Gasteiger partial charge in [-0.1, -0.05) is 6.92 Å². The lowest BCUT2D eigenvalue weighted by Gasteiger charge is -2.42. The van der Waals surface area contributed by atoms with Gasteiger partial charge in [0.05, 0.1) is 6.61 Å². The van der Waals surface area contributed by atoms with Crippen LogP contribution in [0.3, 0.4) is 0 Å². The molecule has 17 heavy (non-hydrogen) atoms. The van der Waals surface area contributed by atoms with E-state index >= 15 is 0 Å². The summed E-state index contributed by atoms with van der Waals surface area (Å²) >= 11 is 2.11. The molecule has 0 aromatic rings. The van der Waals surface area contributed by atoms with E-state index in [1.54, 1.807) is 0 Å². The number of nitrogens with zero attached hydrogens (tertiary/aromatic N) is 1. The van der Waals surface area contributed by atoms with Crippen LogP contribution in [0.5, 0.6) is 0 Å². The maximum absolute atomic E-state index is 5.65. The molecule has 100 valence electrons. The summed E-state index contributed by atoms with van der Waals surface area (Å²) in [6.07, 6.45) is 1.16. The minimum atomic E-state index is 0.640. The summed E-state index contributed by atoms with van der Waals surface area (Å²) < 4.78 is 5.65. The molecule has 0 aliphatic carbocycles. The van der Waals surface area contributed by atoms with Crippen molar-refractivity contribution >= 4 is 11.8 Å². The summed E-state index contributed by atoms with van der Waals surface area (Å²) in [5.41, 5.74) is 0. The predicted molar refractivity (Wildman–Crippen MR) is 74.7 cm³/mol. The van der Waals surface area contributed by atoms with Gasteiger partial charge in [-0.3, -0.25) is 4.90 Å². The lowest BCUT2D eigenvalue weighted by Crippen LogP contribution is -2.52. The van der Waals surface area contributed by atoms with E-state index in [1.165, 1.54) is 18.8 Å². The molecule has 3 nitrogen and oxygen atoms in total. The fourth-order valence-corrected chi connectivity index (χ4v) is 4.07. The summed E-state index contributed by atoms with van der Waals surface area (Å²) in [6.45, 7) is 9.00. The van der Waals surface area contributed by atoms with E-state index in [9.17, 15) is 0 Å². The molecule has 0 saturated carbocycles. The average molecular weight is 258 g/mol. The zero-order valence-electron chi connectivity index (χ0n) is 11.3. The highest BCUT2D eigenvalue weighted by molar-refractivity contribution is 8.00. The van der Waals surface area contributed by atoms with Crippen LogP contribution in [0.2, 0.25) is 0 Å². The van der Waals surface area contributed by atoms with Gasteiger partial charge in [0, 0.05) is 48.7 Å². The zero-order valence-corrected chi connectivity index (χ0v) is 12.1. The van der Waals surface area contributed by atoms with E-state index in [4.69, 9.17) is 4.74 Å². The van der Waals surface area contributed by atoms with Crippen LogP contribution < -0.4 is 5.32 Å². The van der Waals surface area contributed by atoms with E-state index in [0.717, 1.165) is 24.9 Å². The molecule has 2 aliphatic heterocycles. The third-order valence-corrected chi connectivity index (χ3v) is 5.67. The second kappa shape index (κ2) is 6.41. The number of thioether (sulfide) groups is 1. The Hall–Kier alpha value is 0.230. The van der Waals surface area contributed by atoms with E-state index in [0.29, 0.717) is 18.0 Å². The Morgan fingerprint density at radius 1 is 1.41 bits per heavy atom. The van der Waals surface area contributed by atoms with E-state index < -0.39 is 0 Å². The standard InChI is InChI=1S/C13H26N2OS/c1-10-11(2)17-7-5-15(10)8-12-9-16-6-4-13(12)14-3/h10-14H,4-9H2,1-3H3. The number of rotatable bonds is 3. The second-order valence-corrected chi connectivity index (χ2v) is 6.82. The Balaban J connectivity index is 1.89. The van der Waals surface area contributed by atoms with Crippen molar-refractivity contribution < 1.29 is 4.74 Å². The number of hydrogen-bond acceptors (Lipinski definition) is 4. The molecule has 2 saturated heterocycles. The fraction of sp³-hybridized carbons (Fsp3) is 1.00. The highest BCUT2D eigenvalue weighted by Gasteiger charge is 2.31. The van der Waals surface area contributed by atoms with Crippen LogP contribution in [0.4, 0.5) is 0 Å². The van der Waals surface area contributed by atoms with Gasteiger partial charge in [0.2, 0.25) is 0 Å². The van der Waals surface area contributed by atoms with Gasteiger partial charge in [0.1, 0.15) is 0 Å². The first kappa shape index (κ1) is 13.7. The van der Waals surface area contributed by atoms with Crippen molar-refractivity contribution in [2.75, 3.05) is 39.1 Å². The van der Waals surface area contributed by atoms with Gasteiger partial charge in [-0.2, -0.15) is 11.8 Å². The van der Waals surface area contributed by atoms with Gasteiger partial charge in [-0.15, -0.1) is 0 Å². The first-order valence-corrected chi connectivity index (χ1v) is 7.88. The molecular formula is C13H26N2OS.